The van der Waals surface area contributed by atoms with E-state index in [9.17, 15) is 40.2 Å². The van der Waals surface area contributed by atoms with E-state index in [2.05, 4.69) is 0 Å². The molecule has 2 fully saturated rings. The van der Waals surface area contributed by atoms with Crippen molar-refractivity contribution in [1.29, 1.82) is 0 Å². The second-order valence-corrected chi connectivity index (χ2v) is 11.9. The van der Waals surface area contributed by atoms with Gasteiger partial charge in [0.05, 0.1) is 29.2 Å². The van der Waals surface area contributed by atoms with Crippen LogP contribution in [-0.4, -0.2) is 85.2 Å². The number of carbonyl (C=O) groups is 2. The van der Waals surface area contributed by atoms with Gasteiger partial charge in [-0.1, -0.05) is 38.8 Å². The molecule has 10 nitrogen and oxygen atoms in total. The molecule has 0 radical (unpaired) electrons. The number of likely N-dealkylation sites (N-methyl/N-ethyl adjacent to an activating group) is 1. The van der Waals surface area contributed by atoms with Crippen LogP contribution in [0.4, 0.5) is 0 Å². The molecule has 38 heavy (non-hydrogen) atoms. The highest BCUT2D eigenvalue weighted by molar-refractivity contribution is 6.14. The maximum absolute atomic E-state index is 14.1. The summed E-state index contributed by atoms with van der Waals surface area (Å²) in [5.74, 6) is -6.96. The summed E-state index contributed by atoms with van der Waals surface area (Å²) in [6.45, 7) is 3.79. The Hall–Kier alpha value is -2.76. The van der Waals surface area contributed by atoms with E-state index in [-0.39, 0.29) is 22.3 Å². The average Bonchev–Trinajstić information content (AvgIpc) is 3.28. The summed E-state index contributed by atoms with van der Waals surface area (Å²) in [7, 11) is 3.02. The van der Waals surface area contributed by atoms with Crippen molar-refractivity contribution in [2.45, 2.75) is 74.8 Å². The first-order chi connectivity index (χ1) is 17.7. The maximum atomic E-state index is 14.1. The summed E-state index contributed by atoms with van der Waals surface area (Å²) < 4.78 is 0. The number of nitrogens with zero attached hydrogens (tertiary/aromatic N) is 1. The maximum Gasteiger partial charge on any atom is 0.202 e. The second-order valence-electron chi connectivity index (χ2n) is 11.9. The molecule has 1 aromatic rings. The number of phenolic OH excluding ortho intramolecular Hbond substituents is 1. The van der Waals surface area contributed by atoms with Crippen LogP contribution in [0, 0.1) is 11.8 Å². The Kier molecular flexibility index (Phi) is 6.09. The van der Waals surface area contributed by atoms with Crippen LogP contribution in [0.15, 0.2) is 29.0 Å². The number of carbonyl (C=O) groups excluding carboxylic acids is 2. The third-order valence-corrected chi connectivity index (χ3v) is 9.57. The van der Waals surface area contributed by atoms with Crippen LogP contribution in [0.25, 0.3) is 5.76 Å². The van der Waals surface area contributed by atoms with Gasteiger partial charge < -0.3 is 36.4 Å². The van der Waals surface area contributed by atoms with Gasteiger partial charge in [-0.3, -0.25) is 14.5 Å². The Morgan fingerprint density at radius 3 is 2.26 bits per heavy atom. The molecule has 206 valence electrons. The van der Waals surface area contributed by atoms with E-state index in [1.54, 1.807) is 13.0 Å². The number of fused-ring (bicyclic) bond motifs is 3. The van der Waals surface area contributed by atoms with Gasteiger partial charge >= 0.3 is 0 Å². The van der Waals surface area contributed by atoms with Gasteiger partial charge in [0.25, 0.3) is 0 Å². The summed E-state index contributed by atoms with van der Waals surface area (Å²) >= 11 is 0. The SMILES string of the molecule is C[C@H]1c2ccc(C3(C)CCCC3)c(O)c2C(O)=C2C(=O)[C@]3(O)C(O)=C(C(N)O)C(=O)[C@@H](N(C)C)[C@@H]3[C@@H](O)[C@@H]21. The molecule has 5 rings (SSSR count). The third-order valence-electron chi connectivity index (χ3n) is 9.57. The molecule has 10 heteroatoms. The van der Waals surface area contributed by atoms with Gasteiger partial charge in [0, 0.05) is 17.1 Å². The number of rotatable bonds is 3. The van der Waals surface area contributed by atoms with Gasteiger partial charge in [0.15, 0.2) is 11.4 Å². The fourth-order valence-corrected chi connectivity index (χ4v) is 7.60. The number of ketones is 2. The van der Waals surface area contributed by atoms with E-state index in [1.165, 1.54) is 19.0 Å². The van der Waals surface area contributed by atoms with E-state index in [0.717, 1.165) is 25.7 Å². The minimum absolute atomic E-state index is 0.0653. The molecule has 4 aliphatic rings. The molecular weight excluding hydrogens is 492 g/mol. The molecule has 0 aromatic heterocycles. The zero-order chi connectivity index (χ0) is 28.1. The molecule has 0 aliphatic heterocycles. The van der Waals surface area contributed by atoms with E-state index in [1.807, 2.05) is 13.0 Å². The number of benzene rings is 1. The Labute approximate surface area is 220 Å². The number of phenols is 1. The predicted octanol–water partition coefficient (Wildman–Crippen LogP) is 1.12. The standard InChI is InChI=1S/C28H36N2O8/c1-11-12-7-8-13(27(2)9-5-6-10-27)20(31)15(12)21(32)16-14(11)22(33)18-19(30(3)4)23(34)17(26(29)37)25(36)28(18,38)24(16)35/h7-8,11,14,18-19,22,26,31-33,36-38H,5-6,9-10,29H2,1-4H3/t11-,14+,18+,19-,22-,26?,28-/m0/s1. The van der Waals surface area contributed by atoms with Gasteiger partial charge in [0.2, 0.25) is 5.78 Å². The lowest BCUT2D eigenvalue weighted by atomic mass is 9.54. The van der Waals surface area contributed by atoms with Crippen molar-refractivity contribution in [2.75, 3.05) is 14.1 Å². The summed E-state index contributed by atoms with van der Waals surface area (Å²) in [5, 5.41) is 67.5. The topological polar surface area (TPSA) is 185 Å². The van der Waals surface area contributed by atoms with Crippen molar-refractivity contribution in [3.05, 3.63) is 45.7 Å². The van der Waals surface area contributed by atoms with Crippen LogP contribution >= 0.6 is 0 Å². The van der Waals surface area contributed by atoms with Crippen LogP contribution < -0.4 is 5.73 Å². The molecule has 0 heterocycles. The fourth-order valence-electron chi connectivity index (χ4n) is 7.60. The lowest BCUT2D eigenvalue weighted by Gasteiger charge is -2.54. The van der Waals surface area contributed by atoms with Crippen molar-refractivity contribution in [1.82, 2.24) is 4.90 Å². The molecule has 0 saturated heterocycles. The molecule has 1 aromatic carbocycles. The first kappa shape index (κ1) is 26.8. The van der Waals surface area contributed by atoms with Crippen LogP contribution in [0.2, 0.25) is 0 Å². The van der Waals surface area contributed by atoms with E-state index < -0.39 is 70.4 Å². The number of aromatic hydroxyl groups is 1. The van der Waals surface area contributed by atoms with Gasteiger partial charge in [-0.25, -0.2) is 0 Å². The molecular formula is C28H36N2O8. The lowest BCUT2D eigenvalue weighted by molar-refractivity contribution is -0.170. The molecule has 0 spiro atoms. The number of aliphatic hydroxyl groups is 5. The number of nitrogens with two attached hydrogens (primary N) is 1. The van der Waals surface area contributed by atoms with Crippen molar-refractivity contribution in [3.63, 3.8) is 0 Å². The van der Waals surface area contributed by atoms with Crippen molar-refractivity contribution in [3.8, 4) is 5.75 Å². The van der Waals surface area contributed by atoms with Gasteiger partial charge in [0.1, 0.15) is 23.5 Å². The summed E-state index contributed by atoms with van der Waals surface area (Å²) in [4.78, 5) is 28.8. The molecule has 8 N–H and O–H groups in total. The Balaban J connectivity index is 1.77. The summed E-state index contributed by atoms with van der Waals surface area (Å²) in [6.07, 6.45) is 0.162. The largest absolute Gasteiger partial charge is 0.508 e. The molecule has 4 aliphatic carbocycles. The third kappa shape index (κ3) is 3.24. The molecule has 0 bridgehead atoms. The van der Waals surface area contributed by atoms with Crippen LogP contribution in [0.3, 0.4) is 0 Å². The molecule has 2 saturated carbocycles. The van der Waals surface area contributed by atoms with E-state index in [4.69, 9.17) is 5.73 Å². The summed E-state index contributed by atoms with van der Waals surface area (Å²) in [5.41, 5.74) is 2.56. The minimum Gasteiger partial charge on any atom is -0.508 e. The first-order valence-electron chi connectivity index (χ1n) is 13.0. The van der Waals surface area contributed by atoms with E-state index in [0.29, 0.717) is 11.1 Å². The van der Waals surface area contributed by atoms with Crippen LogP contribution in [0.1, 0.15) is 62.1 Å². The zero-order valence-corrected chi connectivity index (χ0v) is 22.0. The monoisotopic (exact) mass is 528 g/mol. The Morgan fingerprint density at radius 1 is 1.11 bits per heavy atom. The fraction of sp³-hybridized carbons (Fsp3) is 0.571. The normalized spacial score (nSPS) is 35.3. The van der Waals surface area contributed by atoms with Gasteiger partial charge in [-0.2, -0.15) is 0 Å². The quantitative estimate of drug-likeness (QED) is 0.280. The van der Waals surface area contributed by atoms with Gasteiger partial charge in [-0.15, -0.1) is 0 Å². The smallest absolute Gasteiger partial charge is 0.202 e. The number of Topliss-reactive ketones (excluding diaryl/α,β-unsaturated/α-hetero) is 2. The van der Waals surface area contributed by atoms with Crippen LogP contribution in [0.5, 0.6) is 5.75 Å². The average molecular weight is 529 g/mol. The van der Waals surface area contributed by atoms with Crippen molar-refractivity contribution >= 4 is 17.3 Å². The lowest BCUT2D eigenvalue weighted by Crippen LogP contribution is -2.70. The minimum atomic E-state index is -2.85. The highest BCUT2D eigenvalue weighted by atomic mass is 16.4. The molecule has 1 unspecified atom stereocenters. The Bertz CT molecular complexity index is 1290. The number of hydrogen-bond donors (Lipinski definition) is 7. The van der Waals surface area contributed by atoms with E-state index >= 15 is 0 Å². The first-order valence-corrected chi connectivity index (χ1v) is 13.0. The van der Waals surface area contributed by atoms with Crippen LogP contribution in [-0.2, 0) is 15.0 Å². The molecule has 7 atom stereocenters. The highest BCUT2D eigenvalue weighted by Crippen LogP contribution is 2.57. The highest BCUT2D eigenvalue weighted by Gasteiger charge is 2.68. The number of aliphatic hydroxyl groups excluding tert-OH is 4. The molecule has 0 amide bonds. The second kappa shape index (κ2) is 8.62. The van der Waals surface area contributed by atoms with Crippen molar-refractivity contribution in [2.24, 2.45) is 17.6 Å². The Morgan fingerprint density at radius 2 is 1.71 bits per heavy atom. The van der Waals surface area contributed by atoms with Gasteiger partial charge in [-0.05, 0) is 43.8 Å². The predicted molar refractivity (Wildman–Crippen MR) is 137 cm³/mol. The zero-order valence-electron chi connectivity index (χ0n) is 22.0. The van der Waals surface area contributed by atoms with Crippen molar-refractivity contribution < 1.29 is 40.2 Å². The number of hydrogen-bond acceptors (Lipinski definition) is 10. The summed E-state index contributed by atoms with van der Waals surface area (Å²) in [6, 6.07) is 2.32.